The molecule has 1 atom stereocenters. The third-order valence-electron chi connectivity index (χ3n) is 4.06. The zero-order valence-electron chi connectivity index (χ0n) is 11.4. The van der Waals surface area contributed by atoms with Gasteiger partial charge in [0.15, 0.2) is 0 Å². The molecule has 3 rings (SSSR count). The number of imidazole rings is 1. The Bertz CT molecular complexity index is 581. The second kappa shape index (κ2) is 4.27. The molecule has 1 aliphatic heterocycles. The third-order valence-corrected chi connectivity index (χ3v) is 4.06. The second-order valence-electron chi connectivity index (χ2n) is 5.63. The SMILES string of the molecule is Cc1ccc(-c2cn3c(n2)CC(C)CC3)cc1C. The molecule has 0 spiro atoms. The summed E-state index contributed by atoms with van der Waals surface area (Å²) in [6.45, 7) is 7.75. The maximum absolute atomic E-state index is 4.81. The Morgan fingerprint density at radius 3 is 2.83 bits per heavy atom. The lowest BCUT2D eigenvalue weighted by molar-refractivity contribution is 0.409. The molecule has 1 aromatic carbocycles. The summed E-state index contributed by atoms with van der Waals surface area (Å²) in [5, 5.41) is 0. The van der Waals surface area contributed by atoms with Gasteiger partial charge in [-0.3, -0.25) is 0 Å². The van der Waals surface area contributed by atoms with E-state index in [-0.39, 0.29) is 0 Å². The molecule has 0 radical (unpaired) electrons. The lowest BCUT2D eigenvalue weighted by Gasteiger charge is -2.18. The monoisotopic (exact) mass is 240 g/mol. The number of hydrogen-bond acceptors (Lipinski definition) is 1. The van der Waals surface area contributed by atoms with Crippen LogP contribution in [0.15, 0.2) is 24.4 Å². The molecule has 18 heavy (non-hydrogen) atoms. The van der Waals surface area contributed by atoms with Crippen LogP contribution in [0.25, 0.3) is 11.3 Å². The van der Waals surface area contributed by atoms with Gasteiger partial charge in [0.2, 0.25) is 0 Å². The summed E-state index contributed by atoms with van der Waals surface area (Å²) in [5.41, 5.74) is 5.05. The van der Waals surface area contributed by atoms with Gasteiger partial charge in [-0.15, -0.1) is 0 Å². The number of hydrogen-bond donors (Lipinski definition) is 0. The Kier molecular flexibility index (Phi) is 2.73. The number of aryl methyl sites for hydroxylation is 3. The first kappa shape index (κ1) is 11.5. The number of fused-ring (bicyclic) bond motifs is 1. The summed E-state index contributed by atoms with van der Waals surface area (Å²) < 4.78 is 2.32. The Balaban J connectivity index is 2.00. The molecule has 1 aromatic heterocycles. The highest BCUT2D eigenvalue weighted by Crippen LogP contribution is 2.26. The predicted molar refractivity (Wildman–Crippen MR) is 74.6 cm³/mol. The van der Waals surface area contributed by atoms with Gasteiger partial charge in [-0.05, 0) is 43.4 Å². The topological polar surface area (TPSA) is 17.8 Å². The van der Waals surface area contributed by atoms with Gasteiger partial charge in [-0.2, -0.15) is 0 Å². The van der Waals surface area contributed by atoms with Gasteiger partial charge in [0.05, 0.1) is 5.69 Å². The second-order valence-corrected chi connectivity index (χ2v) is 5.63. The largest absolute Gasteiger partial charge is 0.334 e. The number of nitrogens with zero attached hydrogens (tertiary/aromatic N) is 2. The first-order valence-corrected chi connectivity index (χ1v) is 6.77. The maximum atomic E-state index is 4.81. The van der Waals surface area contributed by atoms with E-state index in [1.54, 1.807) is 0 Å². The van der Waals surface area contributed by atoms with E-state index in [1.807, 2.05) is 0 Å². The summed E-state index contributed by atoms with van der Waals surface area (Å²) in [6.07, 6.45) is 4.60. The minimum absolute atomic E-state index is 0.771. The normalized spacial score (nSPS) is 18.7. The quantitative estimate of drug-likeness (QED) is 0.742. The van der Waals surface area contributed by atoms with E-state index in [9.17, 15) is 0 Å². The van der Waals surface area contributed by atoms with Crippen LogP contribution in [-0.4, -0.2) is 9.55 Å². The van der Waals surface area contributed by atoms with Gasteiger partial charge in [0.1, 0.15) is 5.82 Å². The molecule has 0 N–H and O–H groups in total. The first-order valence-electron chi connectivity index (χ1n) is 6.77. The molecule has 2 aromatic rings. The van der Waals surface area contributed by atoms with Gasteiger partial charge in [0.25, 0.3) is 0 Å². The van der Waals surface area contributed by atoms with Gasteiger partial charge < -0.3 is 4.57 Å². The zero-order valence-corrected chi connectivity index (χ0v) is 11.4. The molecule has 0 bridgehead atoms. The van der Waals surface area contributed by atoms with Crippen LogP contribution in [0.2, 0.25) is 0 Å². The molecular weight excluding hydrogens is 220 g/mol. The molecule has 94 valence electrons. The smallest absolute Gasteiger partial charge is 0.109 e. The molecule has 0 saturated carbocycles. The molecule has 2 heterocycles. The van der Waals surface area contributed by atoms with Crippen molar-refractivity contribution < 1.29 is 0 Å². The van der Waals surface area contributed by atoms with E-state index in [1.165, 1.54) is 28.9 Å². The van der Waals surface area contributed by atoms with Crippen LogP contribution in [0.1, 0.15) is 30.3 Å². The molecule has 1 aliphatic rings. The third kappa shape index (κ3) is 1.96. The van der Waals surface area contributed by atoms with Crippen molar-refractivity contribution in [2.75, 3.05) is 0 Å². The molecule has 0 aliphatic carbocycles. The lowest BCUT2D eigenvalue weighted by atomic mass is 10.0. The lowest BCUT2D eigenvalue weighted by Crippen LogP contribution is -2.16. The minimum Gasteiger partial charge on any atom is -0.334 e. The van der Waals surface area contributed by atoms with Crippen molar-refractivity contribution in [2.45, 2.75) is 40.2 Å². The van der Waals surface area contributed by atoms with Crippen LogP contribution in [0.5, 0.6) is 0 Å². The zero-order chi connectivity index (χ0) is 12.7. The standard InChI is InChI=1S/C16H20N2/c1-11-6-7-18-10-15(17-16(18)8-11)14-5-4-12(2)13(3)9-14/h4-5,9-11H,6-8H2,1-3H3. The van der Waals surface area contributed by atoms with E-state index in [0.717, 1.165) is 24.6 Å². The highest BCUT2D eigenvalue weighted by Gasteiger charge is 2.17. The average molecular weight is 240 g/mol. The van der Waals surface area contributed by atoms with Gasteiger partial charge in [-0.25, -0.2) is 4.98 Å². The van der Waals surface area contributed by atoms with E-state index in [0.29, 0.717) is 0 Å². The fourth-order valence-corrected chi connectivity index (χ4v) is 2.62. The van der Waals surface area contributed by atoms with Gasteiger partial charge in [0, 0.05) is 24.7 Å². The van der Waals surface area contributed by atoms with Crippen LogP contribution < -0.4 is 0 Å². The van der Waals surface area contributed by atoms with Crippen molar-refractivity contribution in [1.29, 1.82) is 0 Å². The Morgan fingerprint density at radius 1 is 1.22 bits per heavy atom. The summed E-state index contributed by atoms with van der Waals surface area (Å²) >= 11 is 0. The van der Waals surface area contributed by atoms with Gasteiger partial charge >= 0.3 is 0 Å². The van der Waals surface area contributed by atoms with Crippen molar-refractivity contribution >= 4 is 0 Å². The fraction of sp³-hybridized carbons (Fsp3) is 0.438. The van der Waals surface area contributed by atoms with Crippen LogP contribution in [0, 0.1) is 19.8 Å². The Morgan fingerprint density at radius 2 is 2.06 bits per heavy atom. The number of rotatable bonds is 1. The molecule has 0 fully saturated rings. The van der Waals surface area contributed by atoms with Crippen molar-refractivity contribution in [3.8, 4) is 11.3 Å². The number of benzene rings is 1. The molecular formula is C16H20N2. The highest BCUT2D eigenvalue weighted by atomic mass is 15.1. The molecule has 2 nitrogen and oxygen atoms in total. The van der Waals surface area contributed by atoms with Crippen LogP contribution >= 0.6 is 0 Å². The molecule has 0 amide bonds. The van der Waals surface area contributed by atoms with Crippen LogP contribution in [0.3, 0.4) is 0 Å². The summed E-state index contributed by atoms with van der Waals surface area (Å²) in [7, 11) is 0. The van der Waals surface area contributed by atoms with Crippen molar-refractivity contribution in [1.82, 2.24) is 9.55 Å². The summed E-state index contributed by atoms with van der Waals surface area (Å²) in [4.78, 5) is 4.81. The van der Waals surface area contributed by atoms with Crippen LogP contribution in [0.4, 0.5) is 0 Å². The fourth-order valence-electron chi connectivity index (χ4n) is 2.62. The number of aromatic nitrogens is 2. The first-order chi connectivity index (χ1) is 8.63. The Labute approximate surface area is 109 Å². The van der Waals surface area contributed by atoms with Crippen molar-refractivity contribution in [3.63, 3.8) is 0 Å². The Hall–Kier alpha value is -1.57. The average Bonchev–Trinajstić information content (AvgIpc) is 2.75. The van der Waals surface area contributed by atoms with Crippen molar-refractivity contribution in [3.05, 3.63) is 41.3 Å². The van der Waals surface area contributed by atoms with Crippen LogP contribution in [-0.2, 0) is 13.0 Å². The molecule has 1 unspecified atom stereocenters. The predicted octanol–water partition coefficient (Wildman–Crippen LogP) is 3.75. The summed E-state index contributed by atoms with van der Waals surface area (Å²) in [5.74, 6) is 2.02. The van der Waals surface area contributed by atoms with E-state index in [2.05, 4.69) is 49.7 Å². The van der Waals surface area contributed by atoms with Gasteiger partial charge in [-0.1, -0.05) is 19.1 Å². The van der Waals surface area contributed by atoms with E-state index in [4.69, 9.17) is 4.98 Å². The summed E-state index contributed by atoms with van der Waals surface area (Å²) in [6, 6.07) is 6.61. The van der Waals surface area contributed by atoms with Crippen molar-refractivity contribution in [2.24, 2.45) is 5.92 Å². The van der Waals surface area contributed by atoms with E-state index < -0.39 is 0 Å². The molecule has 2 heteroatoms. The van der Waals surface area contributed by atoms with E-state index >= 15 is 0 Å². The minimum atomic E-state index is 0.771. The maximum Gasteiger partial charge on any atom is 0.109 e. The highest BCUT2D eigenvalue weighted by molar-refractivity contribution is 5.60. The molecule has 0 saturated heterocycles.